The van der Waals surface area contributed by atoms with Crippen molar-refractivity contribution in [3.63, 3.8) is 0 Å². The summed E-state index contributed by atoms with van der Waals surface area (Å²) >= 11 is 0. The van der Waals surface area contributed by atoms with Gasteiger partial charge in [0.1, 0.15) is 12.1 Å². The van der Waals surface area contributed by atoms with Crippen LogP contribution < -0.4 is 16.3 Å². The molecule has 20 heavy (non-hydrogen) atoms. The highest BCUT2D eigenvalue weighted by molar-refractivity contribution is 5.50. The number of anilines is 2. The first kappa shape index (κ1) is 12.2. The maximum atomic E-state index is 11.4. The van der Waals surface area contributed by atoms with Crippen molar-refractivity contribution in [1.82, 2.24) is 19.6 Å². The van der Waals surface area contributed by atoms with Gasteiger partial charge in [-0.15, -0.1) is 0 Å². The molecule has 2 heterocycles. The number of nitrogens with two attached hydrogens (primary N) is 1. The lowest BCUT2D eigenvalue weighted by Crippen LogP contribution is -2.19. The number of H-pyrrole nitrogens is 1. The van der Waals surface area contributed by atoms with Crippen LogP contribution in [0, 0.1) is 0 Å². The maximum Gasteiger partial charge on any atom is 0.348 e. The van der Waals surface area contributed by atoms with Gasteiger partial charge in [-0.05, 0) is 17.7 Å². The molecule has 0 spiro atoms. The predicted molar refractivity (Wildman–Crippen MR) is 76.6 cm³/mol. The van der Waals surface area contributed by atoms with Gasteiger partial charge in [0.2, 0.25) is 0 Å². The van der Waals surface area contributed by atoms with E-state index in [9.17, 15) is 4.79 Å². The van der Waals surface area contributed by atoms with Crippen LogP contribution in [0.1, 0.15) is 5.56 Å². The highest BCUT2D eigenvalue weighted by atomic mass is 16.1. The Bertz CT molecular complexity index is 806. The minimum Gasteiger partial charge on any atom is -0.399 e. The number of nitrogen functional groups attached to an aromatic ring is 1. The van der Waals surface area contributed by atoms with Crippen molar-refractivity contribution in [2.75, 3.05) is 17.7 Å². The molecule has 7 nitrogen and oxygen atoms in total. The van der Waals surface area contributed by atoms with Gasteiger partial charge in [0, 0.05) is 25.3 Å². The molecule has 0 unspecified atom stereocenters. The fourth-order valence-electron chi connectivity index (χ4n) is 2.05. The minimum absolute atomic E-state index is 0.294. The molecule has 0 aliphatic heterocycles. The summed E-state index contributed by atoms with van der Waals surface area (Å²) in [5.74, 6) is 0.735. The summed E-state index contributed by atoms with van der Waals surface area (Å²) in [6.45, 7) is 0.670. The Kier molecular flexibility index (Phi) is 2.86. The molecule has 0 bridgehead atoms. The number of hydrogen-bond acceptors (Lipinski definition) is 5. The fourth-order valence-corrected chi connectivity index (χ4v) is 2.05. The van der Waals surface area contributed by atoms with E-state index in [4.69, 9.17) is 5.73 Å². The number of aromatic nitrogens is 4. The average molecular weight is 270 g/mol. The van der Waals surface area contributed by atoms with Gasteiger partial charge >= 0.3 is 5.69 Å². The summed E-state index contributed by atoms with van der Waals surface area (Å²) in [4.78, 5) is 17.6. The molecule has 3 aromatic rings. The highest BCUT2D eigenvalue weighted by Crippen LogP contribution is 2.14. The summed E-state index contributed by atoms with van der Waals surface area (Å²) in [6.07, 6.45) is 1.46. The van der Waals surface area contributed by atoms with Crippen molar-refractivity contribution in [2.45, 2.75) is 6.54 Å². The zero-order valence-electron chi connectivity index (χ0n) is 10.9. The Morgan fingerprint density at radius 2 is 2.25 bits per heavy atom. The zero-order chi connectivity index (χ0) is 14.1. The van der Waals surface area contributed by atoms with Gasteiger partial charge in [-0.3, -0.25) is 0 Å². The van der Waals surface area contributed by atoms with Crippen LogP contribution >= 0.6 is 0 Å². The van der Waals surface area contributed by atoms with Gasteiger partial charge in [-0.25, -0.2) is 19.3 Å². The molecule has 0 radical (unpaired) electrons. The molecule has 0 aliphatic rings. The molecule has 0 saturated carbocycles. The van der Waals surface area contributed by atoms with Gasteiger partial charge in [0.15, 0.2) is 5.65 Å². The van der Waals surface area contributed by atoms with E-state index >= 15 is 0 Å². The van der Waals surface area contributed by atoms with Crippen LogP contribution in [-0.4, -0.2) is 26.6 Å². The van der Waals surface area contributed by atoms with Gasteiger partial charge in [-0.1, -0.05) is 12.1 Å². The first-order chi connectivity index (χ1) is 9.63. The van der Waals surface area contributed by atoms with E-state index in [1.807, 2.05) is 36.2 Å². The zero-order valence-corrected chi connectivity index (χ0v) is 10.9. The van der Waals surface area contributed by atoms with E-state index in [0.29, 0.717) is 12.2 Å². The molecule has 3 rings (SSSR count). The average Bonchev–Trinajstić information content (AvgIpc) is 2.80. The fraction of sp³-hybridized carbons (Fsp3) is 0.154. The SMILES string of the molecule is CN(Cc1cccc(N)c1)c1cc2n[nH]c(=O)n2cn1. The monoisotopic (exact) mass is 270 g/mol. The van der Waals surface area contributed by atoms with Crippen LogP contribution in [0.3, 0.4) is 0 Å². The highest BCUT2D eigenvalue weighted by Gasteiger charge is 2.07. The van der Waals surface area contributed by atoms with E-state index < -0.39 is 0 Å². The first-order valence-electron chi connectivity index (χ1n) is 6.12. The Morgan fingerprint density at radius 3 is 3.05 bits per heavy atom. The molecular formula is C13H14N6O. The summed E-state index contributed by atoms with van der Waals surface area (Å²) in [5, 5.41) is 6.30. The quantitative estimate of drug-likeness (QED) is 0.681. The number of nitrogens with zero attached hydrogens (tertiary/aromatic N) is 4. The molecule has 0 saturated heterocycles. The van der Waals surface area contributed by atoms with Crippen LogP contribution in [0.25, 0.3) is 5.65 Å². The summed E-state index contributed by atoms with van der Waals surface area (Å²) in [6, 6.07) is 9.45. The van der Waals surface area contributed by atoms with Crippen molar-refractivity contribution < 1.29 is 0 Å². The van der Waals surface area contributed by atoms with Crippen LogP contribution in [0.2, 0.25) is 0 Å². The molecule has 0 fully saturated rings. The van der Waals surface area contributed by atoms with Gasteiger partial charge < -0.3 is 10.6 Å². The molecule has 1 aromatic carbocycles. The molecule has 0 aliphatic carbocycles. The van der Waals surface area contributed by atoms with Gasteiger partial charge in [-0.2, -0.15) is 5.10 Å². The topological polar surface area (TPSA) is 92.3 Å². The van der Waals surface area contributed by atoms with E-state index in [0.717, 1.165) is 17.1 Å². The second-order valence-corrected chi connectivity index (χ2v) is 4.61. The summed E-state index contributed by atoms with van der Waals surface area (Å²) < 4.78 is 1.36. The molecule has 0 amide bonds. The van der Waals surface area contributed by atoms with E-state index in [1.54, 1.807) is 6.07 Å². The molecular weight excluding hydrogens is 256 g/mol. The smallest absolute Gasteiger partial charge is 0.348 e. The number of nitrogens with one attached hydrogen (secondary N) is 1. The second-order valence-electron chi connectivity index (χ2n) is 4.61. The first-order valence-corrected chi connectivity index (χ1v) is 6.12. The lowest BCUT2D eigenvalue weighted by molar-refractivity contribution is 0.885. The predicted octanol–water partition coefficient (Wildman–Crippen LogP) is 0.636. The van der Waals surface area contributed by atoms with Crippen molar-refractivity contribution in [3.8, 4) is 0 Å². The van der Waals surface area contributed by atoms with E-state index in [1.165, 1.54) is 10.7 Å². The van der Waals surface area contributed by atoms with Gasteiger partial charge in [0.25, 0.3) is 0 Å². The molecule has 0 atom stereocenters. The van der Waals surface area contributed by atoms with Crippen molar-refractivity contribution in [1.29, 1.82) is 0 Å². The van der Waals surface area contributed by atoms with Gasteiger partial charge in [0.05, 0.1) is 0 Å². The molecule has 7 heteroatoms. The van der Waals surface area contributed by atoms with Crippen LogP contribution in [0.5, 0.6) is 0 Å². The number of rotatable bonds is 3. The third-order valence-electron chi connectivity index (χ3n) is 3.06. The number of benzene rings is 1. The Balaban J connectivity index is 1.88. The molecule has 3 N–H and O–H groups in total. The summed E-state index contributed by atoms with van der Waals surface area (Å²) in [5.41, 5.74) is 7.84. The second kappa shape index (κ2) is 4.69. The third kappa shape index (κ3) is 2.20. The van der Waals surface area contributed by atoms with E-state index in [-0.39, 0.29) is 5.69 Å². The number of fused-ring (bicyclic) bond motifs is 1. The largest absolute Gasteiger partial charge is 0.399 e. The van der Waals surface area contributed by atoms with Crippen molar-refractivity contribution in [2.24, 2.45) is 0 Å². The van der Waals surface area contributed by atoms with Crippen LogP contribution in [0.15, 0.2) is 41.5 Å². The maximum absolute atomic E-state index is 11.4. The number of hydrogen-bond donors (Lipinski definition) is 2. The van der Waals surface area contributed by atoms with Crippen LogP contribution in [0.4, 0.5) is 11.5 Å². The third-order valence-corrected chi connectivity index (χ3v) is 3.06. The lowest BCUT2D eigenvalue weighted by atomic mass is 10.2. The van der Waals surface area contributed by atoms with Crippen LogP contribution in [-0.2, 0) is 6.54 Å². The molecule has 2 aromatic heterocycles. The Hall–Kier alpha value is -2.83. The standard InChI is InChI=1S/C13H14N6O/c1-18(7-9-3-2-4-10(14)5-9)11-6-12-16-17-13(20)19(12)8-15-11/h2-6,8H,7,14H2,1H3,(H,17,20). The Morgan fingerprint density at radius 1 is 1.40 bits per heavy atom. The lowest BCUT2D eigenvalue weighted by Gasteiger charge is -2.18. The van der Waals surface area contributed by atoms with Crippen molar-refractivity contribution >= 4 is 17.2 Å². The Labute approximate surface area is 114 Å². The van der Waals surface area contributed by atoms with Crippen molar-refractivity contribution in [3.05, 3.63) is 52.7 Å². The normalized spacial score (nSPS) is 10.8. The van der Waals surface area contributed by atoms with E-state index in [2.05, 4.69) is 15.2 Å². The summed E-state index contributed by atoms with van der Waals surface area (Å²) in [7, 11) is 1.92. The molecule has 102 valence electrons. The number of aromatic amines is 1. The minimum atomic E-state index is -0.294.